The summed E-state index contributed by atoms with van der Waals surface area (Å²) in [4.78, 5) is 0. The normalized spacial score (nSPS) is 12.6. The van der Waals surface area contributed by atoms with Gasteiger partial charge in [0.25, 0.3) is 0 Å². The van der Waals surface area contributed by atoms with Crippen LogP contribution in [-0.2, 0) is 20.4 Å². The van der Waals surface area contributed by atoms with Gasteiger partial charge >= 0.3 is 0 Å². The first-order valence-corrected chi connectivity index (χ1v) is 12.1. The Hall–Kier alpha value is -3.39. The first-order valence-electron chi connectivity index (χ1n) is 13.6. The summed E-state index contributed by atoms with van der Waals surface area (Å²) in [7, 11) is 0. The number of nitrogens with zero attached hydrogens (tertiary/aromatic N) is 3. The van der Waals surface area contributed by atoms with E-state index >= 15 is 0 Å². The summed E-state index contributed by atoms with van der Waals surface area (Å²) in [5, 5.41) is 4.66. The van der Waals surface area contributed by atoms with Crippen molar-refractivity contribution >= 4 is 0 Å². The molecule has 192 valence electrons. The maximum absolute atomic E-state index is 7.58. The Morgan fingerprint density at radius 1 is 0.838 bits per heavy atom. The second-order valence-corrected chi connectivity index (χ2v) is 9.41. The van der Waals surface area contributed by atoms with Gasteiger partial charge in [0.05, 0.1) is 6.20 Å². The molecule has 5 aromatic rings. The second-order valence-electron chi connectivity index (χ2n) is 9.41. The molecule has 5 rings (SSSR count). The number of aryl methyl sites for hydroxylation is 1. The third kappa shape index (κ3) is 5.80. The predicted molar refractivity (Wildman–Crippen MR) is 144 cm³/mol. The molecule has 0 aliphatic heterocycles. The summed E-state index contributed by atoms with van der Waals surface area (Å²) in [5.74, 6) is 1.78. The molecule has 0 radical (unpaired) electrons. The van der Waals surface area contributed by atoms with E-state index in [9.17, 15) is 0 Å². The van der Waals surface area contributed by atoms with Gasteiger partial charge in [-0.15, -0.1) is 36.0 Å². The van der Waals surface area contributed by atoms with Gasteiger partial charge in [-0.1, -0.05) is 58.9 Å². The summed E-state index contributed by atoms with van der Waals surface area (Å²) in [6.45, 7) is 6.65. The van der Waals surface area contributed by atoms with E-state index in [1.807, 2.05) is 47.4 Å². The summed E-state index contributed by atoms with van der Waals surface area (Å²) < 4.78 is 32.2. The molecule has 0 spiro atoms. The Bertz CT molecular complexity index is 1570. The van der Waals surface area contributed by atoms with Gasteiger partial charge in [-0.05, 0) is 34.2 Å². The van der Waals surface area contributed by atoms with Gasteiger partial charge in [0.2, 0.25) is 0 Å². The van der Waals surface area contributed by atoms with Gasteiger partial charge in [0.15, 0.2) is 0 Å². The standard InChI is InChI=1S/C32H30N3O.Pd/c1-22(2)30-13-8-14-31(23(3)4)32(30)25-19-33-35(21-25)27-10-7-12-29(18-27)36-28-11-6-9-26(17-28)34-16-15-24(5)20-34;/h6-16,19,21-23H,1-5H3;/q-3;/i5D3;. The largest absolute Gasteiger partial charge is 0.510 e. The van der Waals surface area contributed by atoms with Crippen molar-refractivity contribution in [1.29, 1.82) is 0 Å². The third-order valence-electron chi connectivity index (χ3n) is 6.11. The van der Waals surface area contributed by atoms with Crippen LogP contribution in [0, 0.1) is 25.2 Å². The number of aromatic nitrogens is 3. The first kappa shape index (κ1) is 22.8. The predicted octanol–water partition coefficient (Wildman–Crippen LogP) is 8.08. The molecule has 0 fully saturated rings. The molecule has 0 aliphatic rings. The van der Waals surface area contributed by atoms with Gasteiger partial charge in [-0.25, -0.2) is 0 Å². The number of hydrogen-bond acceptors (Lipinski definition) is 2. The van der Waals surface area contributed by atoms with E-state index in [0.717, 1.165) is 11.3 Å². The zero-order valence-corrected chi connectivity index (χ0v) is 22.8. The molecular weight excluding hydrogens is 549 g/mol. The topological polar surface area (TPSA) is 32.0 Å². The minimum atomic E-state index is -2.21. The van der Waals surface area contributed by atoms with Crippen LogP contribution < -0.4 is 4.74 Å². The van der Waals surface area contributed by atoms with Crippen molar-refractivity contribution in [2.45, 2.75) is 46.4 Å². The summed E-state index contributed by atoms with van der Waals surface area (Å²) in [5.41, 5.74) is 6.47. The van der Waals surface area contributed by atoms with Crippen molar-refractivity contribution < 1.29 is 29.3 Å². The van der Waals surface area contributed by atoms with Crippen LogP contribution in [-0.4, -0.2) is 14.3 Å². The molecule has 0 saturated heterocycles. The molecule has 0 aliphatic carbocycles. The molecule has 5 heteroatoms. The van der Waals surface area contributed by atoms with E-state index in [-0.39, 0.29) is 26.0 Å². The zero-order chi connectivity index (χ0) is 27.7. The fourth-order valence-corrected chi connectivity index (χ4v) is 4.35. The van der Waals surface area contributed by atoms with Crippen LogP contribution in [0.3, 0.4) is 0 Å². The van der Waals surface area contributed by atoms with E-state index < -0.39 is 6.85 Å². The summed E-state index contributed by atoms with van der Waals surface area (Å²) in [6, 6.07) is 25.6. The minimum Gasteiger partial charge on any atom is -0.510 e. The molecular formula is C32H30N3OPd-3. The Kier molecular flexibility index (Phi) is 6.98. The number of ether oxygens (including phenoxy) is 1. The van der Waals surface area contributed by atoms with Crippen molar-refractivity contribution in [1.82, 2.24) is 14.3 Å². The molecule has 0 N–H and O–H groups in total. The Morgan fingerprint density at radius 3 is 2.08 bits per heavy atom. The van der Waals surface area contributed by atoms with E-state index in [1.165, 1.54) is 22.8 Å². The third-order valence-corrected chi connectivity index (χ3v) is 6.11. The van der Waals surface area contributed by atoms with E-state index in [0.29, 0.717) is 29.0 Å². The number of rotatable bonds is 7. The molecule has 0 amide bonds. The molecule has 0 unspecified atom stereocenters. The molecule has 3 aromatic carbocycles. The summed E-state index contributed by atoms with van der Waals surface area (Å²) >= 11 is 0. The molecule has 37 heavy (non-hydrogen) atoms. The van der Waals surface area contributed by atoms with Crippen LogP contribution in [0.25, 0.3) is 22.5 Å². The Balaban J connectivity index is 0.00000370. The van der Waals surface area contributed by atoms with Crippen LogP contribution in [0.1, 0.15) is 60.3 Å². The molecule has 0 bridgehead atoms. The van der Waals surface area contributed by atoms with Gasteiger partial charge in [-0.2, -0.15) is 41.1 Å². The molecule has 2 heterocycles. The van der Waals surface area contributed by atoms with E-state index in [1.54, 1.807) is 16.8 Å². The SMILES string of the molecule is [2H]C([2H])([2H])c1[c-]n(-c2[c-]c(Oc3[c-]c(-n4cc(-c5c(C(C)C)cccc5C(C)C)cn4)ccc3)ccc2)cc1.[Pd]. The van der Waals surface area contributed by atoms with Crippen LogP contribution in [0.4, 0.5) is 0 Å². The van der Waals surface area contributed by atoms with Crippen LogP contribution in [0.5, 0.6) is 11.5 Å². The quantitative estimate of drug-likeness (QED) is 0.144. The molecule has 0 atom stereocenters. The van der Waals surface area contributed by atoms with Gasteiger partial charge in [-0.3, -0.25) is 4.68 Å². The molecule has 2 aromatic heterocycles. The minimum absolute atomic E-state index is 0. The van der Waals surface area contributed by atoms with Crippen molar-refractivity contribution in [2.75, 3.05) is 0 Å². The zero-order valence-electron chi connectivity index (χ0n) is 24.2. The molecule has 0 saturated carbocycles. The number of hydrogen-bond donors (Lipinski definition) is 0. The van der Waals surface area contributed by atoms with Crippen molar-refractivity contribution in [2.24, 2.45) is 0 Å². The van der Waals surface area contributed by atoms with E-state index in [4.69, 9.17) is 8.85 Å². The smallest absolute Gasteiger partial charge is 0.0572 e. The van der Waals surface area contributed by atoms with Gasteiger partial charge in [0, 0.05) is 47.8 Å². The van der Waals surface area contributed by atoms with Gasteiger partial charge < -0.3 is 9.30 Å². The second kappa shape index (κ2) is 11.3. The average Bonchev–Trinajstić information content (AvgIpc) is 3.59. The Labute approximate surface area is 237 Å². The van der Waals surface area contributed by atoms with Crippen molar-refractivity contribution in [3.05, 3.63) is 114 Å². The van der Waals surface area contributed by atoms with Crippen LogP contribution in [0.2, 0.25) is 0 Å². The van der Waals surface area contributed by atoms with Crippen LogP contribution in [0.15, 0.2) is 79.3 Å². The maximum Gasteiger partial charge on any atom is 0.0572 e. The van der Waals surface area contributed by atoms with E-state index in [2.05, 4.69) is 69.3 Å². The summed E-state index contributed by atoms with van der Waals surface area (Å²) in [6.07, 6.45) is 8.48. The molecule has 4 nitrogen and oxygen atoms in total. The van der Waals surface area contributed by atoms with Crippen LogP contribution >= 0.6 is 0 Å². The fraction of sp³-hybridized carbons (Fsp3) is 0.219. The monoisotopic (exact) mass is 581 g/mol. The Morgan fingerprint density at radius 2 is 1.46 bits per heavy atom. The van der Waals surface area contributed by atoms with Crippen molar-refractivity contribution in [3.8, 4) is 34.0 Å². The average molecular weight is 582 g/mol. The fourth-order valence-electron chi connectivity index (χ4n) is 4.35. The number of benzene rings is 3. The first-order chi connectivity index (χ1) is 18.6. The van der Waals surface area contributed by atoms with Crippen molar-refractivity contribution in [3.63, 3.8) is 0 Å². The maximum atomic E-state index is 7.58. The van der Waals surface area contributed by atoms with Gasteiger partial charge in [0.1, 0.15) is 0 Å².